The predicted molar refractivity (Wildman–Crippen MR) is 125 cm³/mol. The molecule has 1 unspecified atom stereocenters. The smallest absolute Gasteiger partial charge is 0.161 e. The number of halogens is 1. The fourth-order valence-electron chi connectivity index (χ4n) is 4.36. The number of allylic oxidation sites excluding steroid dienone is 3. The van der Waals surface area contributed by atoms with E-state index in [1.54, 1.807) is 11.3 Å². The van der Waals surface area contributed by atoms with Crippen molar-refractivity contribution in [1.82, 2.24) is 0 Å². The first-order valence-corrected chi connectivity index (χ1v) is 11.9. The molecule has 2 aromatic rings. The maximum Gasteiger partial charge on any atom is 0.161 e. The minimum Gasteiger partial charge on any atom is -0.384 e. The van der Waals surface area contributed by atoms with E-state index in [0.717, 1.165) is 52.0 Å². The van der Waals surface area contributed by atoms with Crippen LogP contribution in [0.2, 0.25) is 0 Å². The zero-order valence-corrected chi connectivity index (χ0v) is 19.6. The third-order valence-electron chi connectivity index (χ3n) is 5.90. The van der Waals surface area contributed by atoms with Crippen LogP contribution < -0.4 is 10.6 Å². The van der Waals surface area contributed by atoms with Gasteiger partial charge in [0.25, 0.3) is 0 Å². The van der Waals surface area contributed by atoms with E-state index in [-0.39, 0.29) is 11.7 Å². The maximum absolute atomic E-state index is 13.2. The molecule has 1 atom stereocenters. The molecular formula is C24H24BrN3OS. The lowest BCUT2D eigenvalue weighted by Gasteiger charge is -2.39. The lowest BCUT2D eigenvalue weighted by molar-refractivity contribution is -0.116. The van der Waals surface area contributed by atoms with Crippen molar-refractivity contribution in [2.75, 3.05) is 4.90 Å². The minimum absolute atomic E-state index is 0.124. The normalized spacial score (nSPS) is 19.2. The second-order valence-corrected chi connectivity index (χ2v) is 9.63. The number of anilines is 1. The van der Waals surface area contributed by atoms with Crippen LogP contribution in [0, 0.1) is 11.3 Å². The highest BCUT2D eigenvalue weighted by molar-refractivity contribution is 9.10. The van der Waals surface area contributed by atoms with Gasteiger partial charge in [0.15, 0.2) is 5.78 Å². The van der Waals surface area contributed by atoms with E-state index in [1.807, 2.05) is 17.0 Å². The van der Waals surface area contributed by atoms with Gasteiger partial charge in [-0.25, -0.2) is 0 Å². The molecule has 0 spiro atoms. The van der Waals surface area contributed by atoms with Crippen molar-refractivity contribution in [3.63, 3.8) is 0 Å². The Morgan fingerprint density at radius 2 is 1.97 bits per heavy atom. The number of benzene rings is 1. The Morgan fingerprint density at radius 1 is 1.23 bits per heavy atom. The van der Waals surface area contributed by atoms with Crippen molar-refractivity contribution in [2.24, 2.45) is 5.73 Å². The number of nitrogens with zero attached hydrogens (tertiary/aromatic N) is 2. The highest BCUT2D eigenvalue weighted by atomic mass is 79.9. The maximum atomic E-state index is 13.2. The van der Waals surface area contributed by atoms with Crippen molar-refractivity contribution in [2.45, 2.75) is 51.9 Å². The molecule has 1 aromatic heterocycles. The van der Waals surface area contributed by atoms with Crippen LogP contribution in [0.25, 0.3) is 0 Å². The van der Waals surface area contributed by atoms with E-state index in [4.69, 9.17) is 5.73 Å². The first-order valence-electron chi connectivity index (χ1n) is 10.3. The Balaban J connectivity index is 1.92. The first kappa shape index (κ1) is 20.9. The van der Waals surface area contributed by atoms with Crippen molar-refractivity contribution < 1.29 is 4.79 Å². The van der Waals surface area contributed by atoms with Gasteiger partial charge >= 0.3 is 0 Å². The number of rotatable bonds is 4. The fourth-order valence-corrected chi connectivity index (χ4v) is 6.39. The SMILES string of the molecule is CCc1ccc(N2C(N)=C(C#N)C(c3cc(Br)c(CC)s3)C3=C2CCCC3=O)cc1. The summed E-state index contributed by atoms with van der Waals surface area (Å²) in [5.41, 5.74) is 10.9. The van der Waals surface area contributed by atoms with Gasteiger partial charge in [-0.2, -0.15) is 5.26 Å². The summed E-state index contributed by atoms with van der Waals surface area (Å²) in [6.07, 6.45) is 3.95. The standard InChI is InChI=1S/C24H24BrN3OS/c1-3-14-8-10-15(11-9-14)28-18-6-5-7-19(29)23(18)22(16(13-26)24(28)27)21-12-17(25)20(4-2)30-21/h8-12,22H,3-7,27H2,1-2H3. The zero-order valence-electron chi connectivity index (χ0n) is 17.2. The Kier molecular flexibility index (Phi) is 5.86. The molecular weight excluding hydrogens is 458 g/mol. The second-order valence-electron chi connectivity index (χ2n) is 7.61. The molecule has 6 heteroatoms. The van der Waals surface area contributed by atoms with Crippen LogP contribution in [0.3, 0.4) is 0 Å². The summed E-state index contributed by atoms with van der Waals surface area (Å²) in [5.74, 6) is 0.174. The van der Waals surface area contributed by atoms with Crippen LogP contribution >= 0.6 is 27.3 Å². The summed E-state index contributed by atoms with van der Waals surface area (Å²) in [5, 5.41) is 10.1. The molecule has 0 amide bonds. The molecule has 1 aliphatic carbocycles. The van der Waals surface area contributed by atoms with Crippen molar-refractivity contribution >= 4 is 38.7 Å². The number of hydrogen-bond donors (Lipinski definition) is 1. The van der Waals surface area contributed by atoms with Gasteiger partial charge in [-0.3, -0.25) is 9.69 Å². The van der Waals surface area contributed by atoms with E-state index in [9.17, 15) is 10.1 Å². The number of ketones is 1. The molecule has 30 heavy (non-hydrogen) atoms. The number of carbonyl (C=O) groups excluding carboxylic acids is 1. The van der Waals surface area contributed by atoms with Crippen molar-refractivity contribution in [3.05, 3.63) is 72.8 Å². The summed E-state index contributed by atoms with van der Waals surface area (Å²) in [6.45, 7) is 4.22. The summed E-state index contributed by atoms with van der Waals surface area (Å²) >= 11 is 5.29. The van der Waals surface area contributed by atoms with E-state index in [0.29, 0.717) is 17.8 Å². The third-order valence-corrected chi connectivity index (χ3v) is 8.21. The minimum atomic E-state index is -0.384. The van der Waals surface area contributed by atoms with Crippen molar-refractivity contribution in [1.29, 1.82) is 5.26 Å². The number of Topliss-reactive ketones (excluding diaryl/α,β-unsaturated/α-hetero) is 1. The average molecular weight is 482 g/mol. The van der Waals surface area contributed by atoms with Crippen molar-refractivity contribution in [3.8, 4) is 6.07 Å². The average Bonchev–Trinajstić information content (AvgIpc) is 3.13. The summed E-state index contributed by atoms with van der Waals surface area (Å²) in [7, 11) is 0. The largest absolute Gasteiger partial charge is 0.384 e. The van der Waals surface area contributed by atoms with Gasteiger partial charge in [0.1, 0.15) is 5.82 Å². The van der Waals surface area contributed by atoms with Crippen LogP contribution in [-0.4, -0.2) is 5.78 Å². The summed E-state index contributed by atoms with van der Waals surface area (Å²) in [4.78, 5) is 17.3. The molecule has 2 aliphatic rings. The van der Waals surface area contributed by atoms with E-state index < -0.39 is 0 Å². The monoisotopic (exact) mass is 481 g/mol. The third kappa shape index (κ3) is 3.40. The molecule has 2 N–H and O–H groups in total. The highest BCUT2D eigenvalue weighted by Gasteiger charge is 2.41. The zero-order chi connectivity index (χ0) is 21.4. The molecule has 4 nitrogen and oxygen atoms in total. The Hall–Kier alpha value is -2.36. The van der Waals surface area contributed by atoms with Gasteiger partial charge in [-0.1, -0.05) is 26.0 Å². The number of hydrogen-bond acceptors (Lipinski definition) is 5. The van der Waals surface area contributed by atoms with Crippen LogP contribution in [0.4, 0.5) is 5.69 Å². The van der Waals surface area contributed by atoms with Gasteiger partial charge < -0.3 is 5.73 Å². The van der Waals surface area contributed by atoms with E-state index in [1.165, 1.54) is 10.4 Å². The molecule has 0 saturated carbocycles. The lowest BCUT2D eigenvalue weighted by atomic mass is 9.78. The summed E-state index contributed by atoms with van der Waals surface area (Å²) < 4.78 is 1.03. The molecule has 0 bridgehead atoms. The van der Waals surface area contributed by atoms with E-state index >= 15 is 0 Å². The quantitative estimate of drug-likeness (QED) is 0.586. The molecule has 1 aliphatic heterocycles. The topological polar surface area (TPSA) is 70.1 Å². The van der Waals surface area contributed by atoms with Gasteiger partial charge in [0.2, 0.25) is 0 Å². The Labute approximate surface area is 189 Å². The summed E-state index contributed by atoms with van der Waals surface area (Å²) in [6, 6.07) is 12.6. The number of thiophene rings is 1. The van der Waals surface area contributed by atoms with Crippen LogP contribution in [0.5, 0.6) is 0 Å². The second kappa shape index (κ2) is 8.41. The molecule has 4 rings (SSSR count). The van der Waals surface area contributed by atoms with Gasteiger partial charge in [0, 0.05) is 37.6 Å². The van der Waals surface area contributed by atoms with Crippen LogP contribution in [0.1, 0.15) is 54.3 Å². The molecule has 0 saturated heterocycles. The Morgan fingerprint density at radius 3 is 2.57 bits per heavy atom. The lowest BCUT2D eigenvalue weighted by Crippen LogP contribution is -2.38. The number of nitrogens with two attached hydrogens (primary N) is 1. The molecule has 1 aromatic carbocycles. The molecule has 154 valence electrons. The molecule has 0 radical (unpaired) electrons. The fraction of sp³-hybridized carbons (Fsp3) is 0.333. The van der Waals surface area contributed by atoms with Gasteiger partial charge in [-0.05, 0) is 65.4 Å². The Bertz CT molecular complexity index is 1100. The molecule has 0 fully saturated rings. The van der Waals surface area contributed by atoms with E-state index in [2.05, 4.69) is 54.0 Å². The first-order chi connectivity index (χ1) is 14.5. The van der Waals surface area contributed by atoms with Gasteiger partial charge in [-0.15, -0.1) is 11.3 Å². The predicted octanol–water partition coefficient (Wildman–Crippen LogP) is 5.94. The number of carbonyl (C=O) groups is 1. The molecule has 2 heterocycles. The highest BCUT2D eigenvalue weighted by Crippen LogP contribution is 2.48. The van der Waals surface area contributed by atoms with Crippen LogP contribution in [-0.2, 0) is 17.6 Å². The van der Waals surface area contributed by atoms with Crippen LogP contribution in [0.15, 0.2) is 57.5 Å². The van der Waals surface area contributed by atoms with Gasteiger partial charge in [0.05, 0.1) is 17.6 Å². The number of aryl methyl sites for hydroxylation is 2. The number of nitriles is 1.